The van der Waals surface area contributed by atoms with Gasteiger partial charge in [0.1, 0.15) is 6.10 Å². The first-order chi connectivity index (χ1) is 11.7. The zero-order valence-corrected chi connectivity index (χ0v) is 14.9. The fourth-order valence-electron chi connectivity index (χ4n) is 2.78. The molecule has 0 saturated heterocycles. The minimum absolute atomic E-state index is 0.00671. The molecular formula is C16H29N4O5+. The van der Waals surface area contributed by atoms with Crippen molar-refractivity contribution in [3.8, 4) is 0 Å². The van der Waals surface area contributed by atoms with Crippen molar-refractivity contribution in [1.29, 1.82) is 0 Å². The van der Waals surface area contributed by atoms with Gasteiger partial charge in [0.15, 0.2) is 6.04 Å². The van der Waals surface area contributed by atoms with Crippen LogP contribution in [0, 0.1) is 5.92 Å². The first-order valence-corrected chi connectivity index (χ1v) is 8.40. The van der Waals surface area contributed by atoms with E-state index in [1.807, 2.05) is 13.8 Å². The van der Waals surface area contributed by atoms with E-state index in [-0.39, 0.29) is 42.8 Å². The second-order valence-corrected chi connectivity index (χ2v) is 6.56. The summed E-state index contributed by atoms with van der Waals surface area (Å²) in [5.74, 6) is -1.19. The Morgan fingerprint density at radius 1 is 1.36 bits per heavy atom. The van der Waals surface area contributed by atoms with Crippen molar-refractivity contribution in [3.05, 3.63) is 11.6 Å². The number of aliphatic hydroxyl groups is 2. The zero-order chi connectivity index (χ0) is 19.1. The lowest BCUT2D eigenvalue weighted by atomic mass is 9.89. The molecule has 1 rings (SSSR count). The number of hydrogen-bond donors (Lipinski definition) is 6. The summed E-state index contributed by atoms with van der Waals surface area (Å²) < 4.78 is 0. The molecule has 0 saturated carbocycles. The molecule has 0 aromatic heterocycles. The van der Waals surface area contributed by atoms with Crippen molar-refractivity contribution >= 4 is 17.7 Å². The van der Waals surface area contributed by atoms with Crippen LogP contribution in [0.5, 0.6) is 0 Å². The van der Waals surface area contributed by atoms with Crippen molar-refractivity contribution in [2.45, 2.75) is 51.0 Å². The highest BCUT2D eigenvalue weighted by Gasteiger charge is 2.35. The van der Waals surface area contributed by atoms with Crippen LogP contribution < -0.4 is 21.7 Å². The third kappa shape index (κ3) is 6.11. The summed E-state index contributed by atoms with van der Waals surface area (Å²) in [5.41, 5.74) is 5.26. The van der Waals surface area contributed by atoms with E-state index < -0.39 is 30.1 Å². The van der Waals surface area contributed by atoms with Crippen LogP contribution in [0.2, 0.25) is 0 Å². The van der Waals surface area contributed by atoms with Crippen LogP contribution in [0.3, 0.4) is 0 Å². The van der Waals surface area contributed by atoms with Gasteiger partial charge in [0.2, 0.25) is 11.8 Å². The normalized spacial score (nSPS) is 24.4. The average Bonchev–Trinajstić information content (AvgIpc) is 2.51. The number of amides is 3. The molecule has 0 unspecified atom stereocenters. The molecule has 0 heterocycles. The van der Waals surface area contributed by atoms with Gasteiger partial charge in [0.25, 0.3) is 5.91 Å². The summed E-state index contributed by atoms with van der Waals surface area (Å²) in [6, 6.07) is -1.21. The molecule has 4 atom stereocenters. The fourth-order valence-corrected chi connectivity index (χ4v) is 2.78. The summed E-state index contributed by atoms with van der Waals surface area (Å²) in [7, 11) is 1.78. The summed E-state index contributed by atoms with van der Waals surface area (Å²) in [6.07, 6.45) is -0.955. The largest absolute Gasteiger partial charge is 0.390 e. The highest BCUT2D eigenvalue weighted by atomic mass is 16.3. The highest BCUT2D eigenvalue weighted by molar-refractivity contribution is 5.94. The summed E-state index contributed by atoms with van der Waals surface area (Å²) in [6.45, 7) is 3.90. The number of quaternary nitrogens is 1. The smallest absolute Gasteiger partial charge is 0.279 e. The van der Waals surface area contributed by atoms with Crippen molar-refractivity contribution in [1.82, 2.24) is 10.6 Å². The topological polar surface area (TPSA) is 158 Å². The molecule has 142 valence electrons. The molecule has 0 fully saturated rings. The van der Waals surface area contributed by atoms with E-state index in [1.54, 1.807) is 12.4 Å². The number of nitrogens with one attached hydrogen (secondary N) is 2. The minimum Gasteiger partial charge on any atom is -0.390 e. The molecule has 0 aromatic carbocycles. The summed E-state index contributed by atoms with van der Waals surface area (Å²) in [5, 5.41) is 27.1. The second kappa shape index (κ2) is 9.50. The van der Waals surface area contributed by atoms with Gasteiger partial charge in [-0.25, -0.2) is 0 Å². The third-order valence-electron chi connectivity index (χ3n) is 4.21. The molecule has 0 spiro atoms. The zero-order valence-electron chi connectivity index (χ0n) is 14.9. The highest BCUT2D eigenvalue weighted by Crippen LogP contribution is 2.20. The van der Waals surface area contributed by atoms with Crippen LogP contribution in [0.1, 0.15) is 26.7 Å². The van der Waals surface area contributed by atoms with E-state index in [9.17, 15) is 24.6 Å². The summed E-state index contributed by atoms with van der Waals surface area (Å²) in [4.78, 5) is 35.2. The Balaban J connectivity index is 2.81. The molecule has 9 nitrogen and oxygen atoms in total. The Kier molecular flexibility index (Phi) is 8.01. The van der Waals surface area contributed by atoms with Crippen molar-refractivity contribution in [2.24, 2.45) is 11.7 Å². The van der Waals surface area contributed by atoms with Crippen LogP contribution in [-0.2, 0) is 14.4 Å². The van der Waals surface area contributed by atoms with Gasteiger partial charge >= 0.3 is 0 Å². The summed E-state index contributed by atoms with van der Waals surface area (Å²) >= 11 is 0. The minimum atomic E-state index is -1.20. The van der Waals surface area contributed by atoms with E-state index in [0.29, 0.717) is 0 Å². The Hall–Kier alpha value is -1.97. The molecule has 1 aliphatic carbocycles. The predicted octanol–water partition coefficient (Wildman–Crippen LogP) is -3.27. The molecule has 9 heteroatoms. The van der Waals surface area contributed by atoms with Gasteiger partial charge in [-0.05, 0) is 0 Å². The van der Waals surface area contributed by atoms with Crippen LogP contribution in [-0.4, -0.2) is 65.8 Å². The molecule has 0 radical (unpaired) electrons. The second-order valence-electron chi connectivity index (χ2n) is 6.56. The van der Waals surface area contributed by atoms with E-state index in [2.05, 4.69) is 10.6 Å². The number of carbonyl (C=O) groups is 3. The number of primary amides is 1. The van der Waals surface area contributed by atoms with Gasteiger partial charge in [-0.2, -0.15) is 0 Å². The van der Waals surface area contributed by atoms with E-state index in [0.717, 1.165) is 0 Å². The Labute approximate surface area is 147 Å². The molecular weight excluding hydrogens is 328 g/mol. The van der Waals surface area contributed by atoms with Gasteiger partial charge in [0.05, 0.1) is 19.2 Å². The van der Waals surface area contributed by atoms with Crippen LogP contribution in [0.15, 0.2) is 11.6 Å². The Morgan fingerprint density at radius 3 is 2.52 bits per heavy atom. The number of hydrogen-bond acceptors (Lipinski definition) is 5. The lowest BCUT2D eigenvalue weighted by Gasteiger charge is -2.32. The Bertz CT molecular complexity index is 535. The number of carbonyl (C=O) groups excluding carboxylic acids is 3. The first-order valence-electron chi connectivity index (χ1n) is 8.40. The molecule has 0 aliphatic heterocycles. The molecule has 1 aliphatic rings. The van der Waals surface area contributed by atoms with E-state index in [1.165, 1.54) is 6.08 Å². The number of rotatable bonds is 8. The lowest BCUT2D eigenvalue weighted by Crippen LogP contribution is -2.90. The maximum atomic E-state index is 12.3. The lowest BCUT2D eigenvalue weighted by molar-refractivity contribution is -0.656. The molecule has 0 bridgehead atoms. The number of likely N-dealkylation sites (N-methyl/N-ethyl adjacent to an activating group) is 1. The number of nitrogens with two attached hydrogens (primary N) is 2. The third-order valence-corrected chi connectivity index (χ3v) is 4.21. The molecule has 25 heavy (non-hydrogen) atoms. The van der Waals surface area contributed by atoms with Gasteiger partial charge in [-0.15, -0.1) is 0 Å². The fraction of sp³-hybridized carbons (Fsp3) is 0.688. The van der Waals surface area contributed by atoms with E-state index >= 15 is 0 Å². The molecule has 0 aromatic rings. The van der Waals surface area contributed by atoms with Crippen LogP contribution in [0.25, 0.3) is 0 Å². The quantitative estimate of drug-likeness (QED) is 0.268. The van der Waals surface area contributed by atoms with Crippen molar-refractivity contribution in [2.75, 3.05) is 13.6 Å². The van der Waals surface area contributed by atoms with Crippen LogP contribution >= 0.6 is 0 Å². The monoisotopic (exact) mass is 357 g/mol. The maximum absolute atomic E-state index is 12.3. The van der Waals surface area contributed by atoms with Gasteiger partial charge in [0, 0.05) is 30.9 Å². The van der Waals surface area contributed by atoms with Crippen molar-refractivity contribution in [3.63, 3.8) is 0 Å². The van der Waals surface area contributed by atoms with E-state index in [4.69, 9.17) is 5.73 Å². The first kappa shape index (κ1) is 21.1. The van der Waals surface area contributed by atoms with Gasteiger partial charge in [-0.3, -0.25) is 14.4 Å². The van der Waals surface area contributed by atoms with Crippen molar-refractivity contribution < 1.29 is 29.9 Å². The Morgan fingerprint density at radius 2 is 2.00 bits per heavy atom. The maximum Gasteiger partial charge on any atom is 0.279 e. The van der Waals surface area contributed by atoms with Gasteiger partial charge < -0.3 is 31.9 Å². The van der Waals surface area contributed by atoms with Crippen LogP contribution in [0.4, 0.5) is 0 Å². The number of aliphatic hydroxyl groups excluding tert-OH is 2. The predicted molar refractivity (Wildman–Crippen MR) is 89.9 cm³/mol. The van der Waals surface area contributed by atoms with Gasteiger partial charge in [-0.1, -0.05) is 19.9 Å². The molecule has 3 amide bonds. The SMILES string of the molecule is C[NH2+][C@H](C(=O)N[C@@H]1C=C(C(=O)NCCC(N)=O)C[C@@H](O)[C@@H]1O)C(C)C. The molecule has 8 N–H and O–H groups in total. The average molecular weight is 357 g/mol. The standard InChI is InChI=1S/C16H28N4O5/c1-8(2)13(18-3)16(25)20-10-6-9(7-11(21)14(10)23)15(24)19-5-4-12(17)22/h6,8,10-11,13-14,18,21,23H,4-5,7H2,1-3H3,(H2,17,22)(H,19,24)(H,20,25)/p+1/t10-,11-,13+,14-/m1/s1.